The molecule has 1 atom stereocenters. The molecule has 2 heterocycles. The van der Waals surface area contributed by atoms with Crippen LogP contribution in [0.3, 0.4) is 0 Å². The summed E-state index contributed by atoms with van der Waals surface area (Å²) in [5.41, 5.74) is 0. The molecule has 1 amide bonds. The van der Waals surface area contributed by atoms with Gasteiger partial charge in [-0.15, -0.1) is 0 Å². The fraction of sp³-hybridized carbons (Fsp3) is 0.444. The van der Waals surface area contributed by atoms with Gasteiger partial charge in [-0.25, -0.2) is 0 Å². The summed E-state index contributed by atoms with van der Waals surface area (Å²) in [6.07, 6.45) is 0.980. The number of hydrogen-bond donors (Lipinski definition) is 2. The van der Waals surface area contributed by atoms with Crippen molar-refractivity contribution in [3.8, 4) is 0 Å². The average Bonchev–Trinajstić information content (AvgIpc) is 2.75. The molecule has 0 saturated carbocycles. The fourth-order valence-electron chi connectivity index (χ4n) is 1.47. The van der Waals surface area contributed by atoms with Crippen LogP contribution in [0.5, 0.6) is 0 Å². The van der Waals surface area contributed by atoms with Crippen LogP contribution in [0.2, 0.25) is 0 Å². The Morgan fingerprint density at radius 2 is 2.50 bits per heavy atom. The topological polar surface area (TPSA) is 54.3 Å². The highest BCUT2D eigenvalue weighted by molar-refractivity contribution is 9.10. The summed E-state index contributed by atoms with van der Waals surface area (Å²) < 4.78 is 5.72. The van der Waals surface area contributed by atoms with E-state index in [9.17, 15) is 4.79 Å². The van der Waals surface area contributed by atoms with E-state index < -0.39 is 0 Å². The number of amides is 1. The predicted octanol–water partition coefficient (Wildman–Crippen LogP) is 1.13. The molecule has 14 heavy (non-hydrogen) atoms. The zero-order valence-electron chi connectivity index (χ0n) is 7.55. The predicted molar refractivity (Wildman–Crippen MR) is 55.1 cm³/mol. The van der Waals surface area contributed by atoms with Crippen LogP contribution >= 0.6 is 15.9 Å². The monoisotopic (exact) mass is 258 g/mol. The van der Waals surface area contributed by atoms with Gasteiger partial charge in [0.2, 0.25) is 0 Å². The van der Waals surface area contributed by atoms with Crippen LogP contribution in [0, 0.1) is 0 Å². The van der Waals surface area contributed by atoms with Crippen molar-refractivity contribution in [2.24, 2.45) is 0 Å². The first kappa shape index (κ1) is 9.73. The Bertz CT molecular complexity index is 331. The van der Waals surface area contributed by atoms with E-state index in [4.69, 9.17) is 4.42 Å². The van der Waals surface area contributed by atoms with E-state index in [1.165, 1.54) is 0 Å². The summed E-state index contributed by atoms with van der Waals surface area (Å²) >= 11 is 3.15. The van der Waals surface area contributed by atoms with Crippen LogP contribution in [0.1, 0.15) is 17.0 Å². The summed E-state index contributed by atoms with van der Waals surface area (Å²) in [5.74, 6) is 0.202. The lowest BCUT2D eigenvalue weighted by atomic mass is 10.2. The minimum absolute atomic E-state index is 0.149. The van der Waals surface area contributed by atoms with Crippen molar-refractivity contribution in [2.45, 2.75) is 12.5 Å². The highest BCUT2D eigenvalue weighted by Gasteiger charge is 2.19. The van der Waals surface area contributed by atoms with Crippen molar-refractivity contribution >= 4 is 21.8 Å². The Hall–Kier alpha value is -0.810. The minimum Gasteiger partial charge on any atom is -0.444 e. The fourth-order valence-corrected chi connectivity index (χ4v) is 1.78. The molecule has 1 aliphatic heterocycles. The number of nitrogens with one attached hydrogen (secondary N) is 2. The number of rotatable bonds is 2. The minimum atomic E-state index is -0.149. The average molecular weight is 259 g/mol. The normalized spacial score (nSPS) is 21.1. The lowest BCUT2D eigenvalue weighted by Crippen LogP contribution is -2.35. The maximum Gasteiger partial charge on any atom is 0.287 e. The van der Waals surface area contributed by atoms with E-state index in [-0.39, 0.29) is 11.9 Å². The van der Waals surface area contributed by atoms with Gasteiger partial charge >= 0.3 is 0 Å². The van der Waals surface area contributed by atoms with Gasteiger partial charge in [-0.05, 0) is 41.0 Å². The van der Waals surface area contributed by atoms with Crippen molar-refractivity contribution in [3.63, 3.8) is 0 Å². The molecule has 0 unspecified atom stereocenters. The molecule has 76 valence electrons. The van der Waals surface area contributed by atoms with Gasteiger partial charge in [0.15, 0.2) is 10.4 Å². The van der Waals surface area contributed by atoms with E-state index in [2.05, 4.69) is 26.6 Å². The zero-order valence-corrected chi connectivity index (χ0v) is 9.13. The van der Waals surface area contributed by atoms with Crippen molar-refractivity contribution in [1.82, 2.24) is 10.6 Å². The first-order valence-corrected chi connectivity index (χ1v) is 5.32. The first-order chi connectivity index (χ1) is 6.75. The molecule has 0 aliphatic carbocycles. The van der Waals surface area contributed by atoms with Crippen LogP contribution in [-0.2, 0) is 0 Å². The maximum absolute atomic E-state index is 11.6. The van der Waals surface area contributed by atoms with Crippen molar-refractivity contribution in [3.05, 3.63) is 22.6 Å². The summed E-state index contributed by atoms with van der Waals surface area (Å²) in [6, 6.07) is 3.59. The van der Waals surface area contributed by atoms with Crippen LogP contribution < -0.4 is 10.6 Å². The quantitative estimate of drug-likeness (QED) is 0.837. The van der Waals surface area contributed by atoms with Crippen LogP contribution in [0.25, 0.3) is 0 Å². The lowest BCUT2D eigenvalue weighted by molar-refractivity contribution is 0.0911. The molecule has 1 aromatic rings. The van der Waals surface area contributed by atoms with E-state index in [1.807, 2.05) is 0 Å². The van der Waals surface area contributed by atoms with Crippen LogP contribution in [0.4, 0.5) is 0 Å². The molecule has 0 radical (unpaired) electrons. The van der Waals surface area contributed by atoms with E-state index >= 15 is 0 Å². The second kappa shape index (κ2) is 4.14. The van der Waals surface area contributed by atoms with Crippen molar-refractivity contribution in [2.75, 3.05) is 13.1 Å². The molecular formula is C9H11BrN2O2. The summed E-state index contributed by atoms with van der Waals surface area (Å²) in [6.45, 7) is 1.81. The Balaban J connectivity index is 1.95. The summed E-state index contributed by atoms with van der Waals surface area (Å²) in [5, 5.41) is 6.07. The van der Waals surface area contributed by atoms with Gasteiger partial charge in [-0.3, -0.25) is 4.79 Å². The molecular weight excluding hydrogens is 248 g/mol. The maximum atomic E-state index is 11.6. The largest absolute Gasteiger partial charge is 0.444 e. The Labute approximate surface area is 90.2 Å². The smallest absolute Gasteiger partial charge is 0.287 e. The van der Waals surface area contributed by atoms with Gasteiger partial charge < -0.3 is 15.1 Å². The summed E-state index contributed by atoms with van der Waals surface area (Å²) in [7, 11) is 0. The Kier molecular flexibility index (Phi) is 2.88. The van der Waals surface area contributed by atoms with Gasteiger partial charge in [0.1, 0.15) is 0 Å². The van der Waals surface area contributed by atoms with Gasteiger partial charge in [-0.1, -0.05) is 0 Å². The number of carbonyl (C=O) groups is 1. The number of hydrogen-bond acceptors (Lipinski definition) is 3. The third-order valence-corrected chi connectivity index (χ3v) is 2.62. The molecule has 1 fully saturated rings. The van der Waals surface area contributed by atoms with E-state index in [0.29, 0.717) is 10.4 Å². The molecule has 1 saturated heterocycles. The molecule has 0 aromatic carbocycles. The van der Waals surface area contributed by atoms with Crippen molar-refractivity contribution in [1.29, 1.82) is 0 Å². The number of carbonyl (C=O) groups excluding carboxylic acids is 1. The molecule has 0 spiro atoms. The molecule has 0 bridgehead atoms. The lowest BCUT2D eigenvalue weighted by Gasteiger charge is -2.08. The standard InChI is InChI=1S/C9H11BrN2O2/c10-8-2-1-7(14-8)9(13)12-6-3-4-11-5-6/h1-2,6,11H,3-5H2,(H,12,13)/t6-/m0/s1. The SMILES string of the molecule is O=C(N[C@H]1CCNC1)c1ccc(Br)o1. The van der Waals surface area contributed by atoms with Gasteiger partial charge in [0.25, 0.3) is 5.91 Å². The molecule has 1 aromatic heterocycles. The van der Waals surface area contributed by atoms with E-state index in [1.54, 1.807) is 12.1 Å². The second-order valence-corrected chi connectivity index (χ2v) is 4.05. The number of furan rings is 1. The molecule has 2 rings (SSSR count). The first-order valence-electron chi connectivity index (χ1n) is 4.52. The summed E-state index contributed by atoms with van der Waals surface area (Å²) in [4.78, 5) is 11.6. The van der Waals surface area contributed by atoms with Gasteiger partial charge in [-0.2, -0.15) is 0 Å². The van der Waals surface area contributed by atoms with E-state index in [0.717, 1.165) is 19.5 Å². The van der Waals surface area contributed by atoms with Crippen molar-refractivity contribution < 1.29 is 9.21 Å². The van der Waals surface area contributed by atoms with Crippen LogP contribution in [0.15, 0.2) is 21.2 Å². The van der Waals surface area contributed by atoms with Gasteiger partial charge in [0, 0.05) is 12.6 Å². The highest BCUT2D eigenvalue weighted by atomic mass is 79.9. The molecule has 5 heteroatoms. The molecule has 4 nitrogen and oxygen atoms in total. The third-order valence-electron chi connectivity index (χ3n) is 2.19. The number of halogens is 1. The molecule has 2 N–H and O–H groups in total. The van der Waals surface area contributed by atoms with Crippen LogP contribution in [-0.4, -0.2) is 25.0 Å². The highest BCUT2D eigenvalue weighted by Crippen LogP contribution is 2.14. The molecule has 1 aliphatic rings. The Morgan fingerprint density at radius 3 is 3.07 bits per heavy atom. The zero-order chi connectivity index (χ0) is 9.97. The third kappa shape index (κ3) is 2.16. The van der Waals surface area contributed by atoms with Gasteiger partial charge in [0.05, 0.1) is 0 Å². The Morgan fingerprint density at radius 1 is 1.64 bits per heavy atom. The second-order valence-electron chi connectivity index (χ2n) is 3.27.